The minimum atomic E-state index is -0.948. The van der Waals surface area contributed by atoms with Crippen molar-refractivity contribution in [2.24, 2.45) is 0 Å². The fourth-order valence-electron chi connectivity index (χ4n) is 1.49. The lowest BCUT2D eigenvalue weighted by molar-refractivity contribution is -0.136. The van der Waals surface area contributed by atoms with Crippen LogP contribution in [0.15, 0.2) is 47.2 Å². The highest BCUT2D eigenvalue weighted by molar-refractivity contribution is 6.01. The van der Waals surface area contributed by atoms with Crippen LogP contribution in [0.2, 0.25) is 0 Å². The van der Waals surface area contributed by atoms with Crippen LogP contribution in [0.5, 0.6) is 0 Å². The van der Waals surface area contributed by atoms with Gasteiger partial charge < -0.3 is 14.8 Å². The van der Waals surface area contributed by atoms with Crippen LogP contribution in [-0.4, -0.2) is 22.0 Å². The Morgan fingerprint density at radius 3 is 2.80 bits per heavy atom. The molecule has 0 aromatic carbocycles. The standard InChI is InChI=1S/C14H12N2O4/c17-13(6-5-12-2-1-7-20-12)16-11-4-3-10(15-9-11)8-14(18)19/h1-7,9H,8H2,(H,16,17)(H,18,19)/b6-5+. The third kappa shape index (κ3) is 4.09. The van der Waals surface area contributed by atoms with Gasteiger partial charge in [0.25, 0.3) is 0 Å². The van der Waals surface area contributed by atoms with E-state index < -0.39 is 5.97 Å². The SMILES string of the molecule is O=C(O)Cc1ccc(NC(=O)/C=C/c2ccco2)cn1. The van der Waals surface area contributed by atoms with Gasteiger partial charge in [0.1, 0.15) is 5.76 Å². The van der Waals surface area contributed by atoms with Crippen LogP contribution < -0.4 is 5.32 Å². The summed E-state index contributed by atoms with van der Waals surface area (Å²) in [5.41, 5.74) is 0.926. The summed E-state index contributed by atoms with van der Waals surface area (Å²) in [6.45, 7) is 0. The first-order chi connectivity index (χ1) is 9.63. The average molecular weight is 272 g/mol. The van der Waals surface area contributed by atoms with Gasteiger partial charge in [0.2, 0.25) is 5.91 Å². The summed E-state index contributed by atoms with van der Waals surface area (Å²) in [5.74, 6) is -0.695. The molecule has 0 fully saturated rings. The molecule has 0 radical (unpaired) electrons. The number of carboxylic acid groups (broad SMARTS) is 1. The summed E-state index contributed by atoms with van der Waals surface area (Å²) >= 11 is 0. The van der Waals surface area contributed by atoms with Crippen LogP contribution in [0.3, 0.4) is 0 Å². The van der Waals surface area contributed by atoms with E-state index >= 15 is 0 Å². The molecule has 2 rings (SSSR count). The number of anilines is 1. The molecular weight excluding hydrogens is 260 g/mol. The van der Waals surface area contributed by atoms with E-state index in [9.17, 15) is 9.59 Å². The molecular formula is C14H12N2O4. The maximum atomic E-state index is 11.6. The monoisotopic (exact) mass is 272 g/mol. The van der Waals surface area contributed by atoms with Crippen molar-refractivity contribution < 1.29 is 19.1 Å². The van der Waals surface area contributed by atoms with E-state index in [4.69, 9.17) is 9.52 Å². The first-order valence-electron chi connectivity index (χ1n) is 5.83. The molecule has 6 nitrogen and oxygen atoms in total. The lowest BCUT2D eigenvalue weighted by Crippen LogP contribution is -2.08. The quantitative estimate of drug-likeness (QED) is 0.811. The summed E-state index contributed by atoms with van der Waals surface area (Å²) in [7, 11) is 0. The lowest BCUT2D eigenvalue weighted by atomic mass is 10.2. The van der Waals surface area contributed by atoms with Crippen molar-refractivity contribution in [2.45, 2.75) is 6.42 Å². The van der Waals surface area contributed by atoms with Crippen molar-refractivity contribution in [3.8, 4) is 0 Å². The van der Waals surface area contributed by atoms with E-state index in [2.05, 4.69) is 10.3 Å². The third-order valence-electron chi connectivity index (χ3n) is 2.37. The predicted octanol–water partition coefficient (Wildman–Crippen LogP) is 1.95. The summed E-state index contributed by atoms with van der Waals surface area (Å²) in [6, 6.07) is 6.61. The van der Waals surface area contributed by atoms with Crippen LogP contribution in [0.1, 0.15) is 11.5 Å². The van der Waals surface area contributed by atoms with Gasteiger partial charge in [-0.25, -0.2) is 0 Å². The summed E-state index contributed by atoms with van der Waals surface area (Å²) < 4.78 is 5.05. The smallest absolute Gasteiger partial charge is 0.309 e. The second-order valence-electron chi connectivity index (χ2n) is 3.95. The molecule has 2 N–H and O–H groups in total. The van der Waals surface area contributed by atoms with Gasteiger partial charge in [0.05, 0.1) is 30.3 Å². The van der Waals surface area contributed by atoms with Crippen molar-refractivity contribution >= 4 is 23.6 Å². The zero-order valence-corrected chi connectivity index (χ0v) is 10.4. The zero-order valence-electron chi connectivity index (χ0n) is 10.4. The van der Waals surface area contributed by atoms with Crippen molar-refractivity contribution in [1.29, 1.82) is 0 Å². The van der Waals surface area contributed by atoms with E-state index in [0.29, 0.717) is 17.1 Å². The van der Waals surface area contributed by atoms with Crippen molar-refractivity contribution in [1.82, 2.24) is 4.98 Å². The van der Waals surface area contributed by atoms with Gasteiger partial charge in [-0.15, -0.1) is 0 Å². The Hall–Kier alpha value is -2.89. The van der Waals surface area contributed by atoms with E-state index in [-0.39, 0.29) is 12.3 Å². The number of hydrogen-bond acceptors (Lipinski definition) is 4. The number of aromatic nitrogens is 1. The Bertz CT molecular complexity index is 615. The van der Waals surface area contributed by atoms with Crippen molar-refractivity contribution in [2.75, 3.05) is 5.32 Å². The molecule has 102 valence electrons. The molecule has 2 heterocycles. The number of nitrogens with zero attached hydrogens (tertiary/aromatic N) is 1. The Balaban J connectivity index is 1.92. The summed E-state index contributed by atoms with van der Waals surface area (Å²) in [6.07, 6.45) is 5.66. The Kier molecular flexibility index (Phi) is 4.28. The molecule has 0 unspecified atom stereocenters. The number of carbonyl (C=O) groups is 2. The number of amides is 1. The van der Waals surface area contributed by atoms with Gasteiger partial charge in [-0.05, 0) is 30.3 Å². The molecule has 0 spiro atoms. The maximum absolute atomic E-state index is 11.6. The molecule has 1 amide bonds. The minimum absolute atomic E-state index is 0.146. The molecule has 0 saturated heterocycles. The maximum Gasteiger partial charge on any atom is 0.309 e. The molecule has 6 heteroatoms. The molecule has 0 saturated carbocycles. The second kappa shape index (κ2) is 6.33. The number of pyridine rings is 1. The Morgan fingerprint density at radius 2 is 2.20 bits per heavy atom. The molecule has 2 aromatic heterocycles. The first-order valence-corrected chi connectivity index (χ1v) is 5.83. The largest absolute Gasteiger partial charge is 0.481 e. The van der Waals surface area contributed by atoms with Gasteiger partial charge in [0, 0.05) is 6.08 Å². The van der Waals surface area contributed by atoms with E-state index in [1.54, 1.807) is 30.3 Å². The van der Waals surface area contributed by atoms with Gasteiger partial charge in [-0.1, -0.05) is 0 Å². The third-order valence-corrected chi connectivity index (χ3v) is 2.37. The molecule has 2 aromatic rings. The van der Waals surface area contributed by atoms with Crippen LogP contribution in [0.25, 0.3) is 6.08 Å². The number of nitrogens with one attached hydrogen (secondary N) is 1. The fourth-order valence-corrected chi connectivity index (χ4v) is 1.49. The van der Waals surface area contributed by atoms with E-state index in [0.717, 1.165) is 0 Å². The summed E-state index contributed by atoms with van der Waals surface area (Å²) in [4.78, 5) is 26.1. The van der Waals surface area contributed by atoms with Gasteiger partial charge in [0.15, 0.2) is 0 Å². The normalized spacial score (nSPS) is 10.6. The lowest BCUT2D eigenvalue weighted by Gasteiger charge is -2.02. The van der Waals surface area contributed by atoms with Gasteiger partial charge in [-0.2, -0.15) is 0 Å². The zero-order chi connectivity index (χ0) is 14.4. The number of aliphatic carboxylic acids is 1. The van der Waals surface area contributed by atoms with Gasteiger partial charge >= 0.3 is 5.97 Å². The van der Waals surface area contributed by atoms with Crippen LogP contribution in [0, 0.1) is 0 Å². The molecule has 0 aliphatic heterocycles. The Morgan fingerprint density at radius 1 is 1.35 bits per heavy atom. The topological polar surface area (TPSA) is 92.4 Å². The molecule has 0 aliphatic carbocycles. The van der Waals surface area contributed by atoms with E-state index in [1.165, 1.54) is 18.5 Å². The average Bonchev–Trinajstić information content (AvgIpc) is 2.91. The van der Waals surface area contributed by atoms with Crippen LogP contribution in [-0.2, 0) is 16.0 Å². The predicted molar refractivity (Wildman–Crippen MR) is 71.9 cm³/mol. The number of furan rings is 1. The first kappa shape index (κ1) is 13.5. The van der Waals surface area contributed by atoms with Crippen molar-refractivity contribution in [3.05, 3.63) is 54.3 Å². The number of carbonyl (C=O) groups excluding carboxylic acids is 1. The highest BCUT2D eigenvalue weighted by Crippen LogP contribution is 2.08. The molecule has 0 bridgehead atoms. The number of rotatable bonds is 5. The van der Waals surface area contributed by atoms with Gasteiger partial charge in [-0.3, -0.25) is 14.6 Å². The second-order valence-corrected chi connectivity index (χ2v) is 3.95. The highest BCUT2D eigenvalue weighted by Gasteiger charge is 2.03. The van der Waals surface area contributed by atoms with Crippen LogP contribution in [0.4, 0.5) is 5.69 Å². The highest BCUT2D eigenvalue weighted by atomic mass is 16.4. The molecule has 0 atom stereocenters. The number of hydrogen-bond donors (Lipinski definition) is 2. The van der Waals surface area contributed by atoms with Crippen LogP contribution >= 0.6 is 0 Å². The fraction of sp³-hybridized carbons (Fsp3) is 0.0714. The summed E-state index contributed by atoms with van der Waals surface area (Å²) in [5, 5.41) is 11.2. The van der Waals surface area contributed by atoms with E-state index in [1.807, 2.05) is 0 Å². The minimum Gasteiger partial charge on any atom is -0.481 e. The van der Waals surface area contributed by atoms with Crippen molar-refractivity contribution in [3.63, 3.8) is 0 Å². The number of carboxylic acids is 1. The Labute approximate surface area is 114 Å². The molecule has 0 aliphatic rings. The molecule has 20 heavy (non-hydrogen) atoms.